The first-order valence-electron chi connectivity index (χ1n) is 3.57. The lowest BCUT2D eigenvalue weighted by Crippen LogP contribution is -2.23. The lowest BCUT2D eigenvalue weighted by molar-refractivity contribution is 0.304. The van der Waals surface area contributed by atoms with Crippen LogP contribution in [0.3, 0.4) is 0 Å². The van der Waals surface area contributed by atoms with E-state index in [0.29, 0.717) is 0 Å². The molecular formula is C7H18IN. The predicted molar refractivity (Wildman–Crippen MR) is 53.5 cm³/mol. The number of nitrogens with zero attached hydrogens (tertiary/aromatic N) is 1. The van der Waals surface area contributed by atoms with Gasteiger partial charge >= 0.3 is 0 Å². The van der Waals surface area contributed by atoms with Crippen LogP contribution < -0.4 is 0 Å². The van der Waals surface area contributed by atoms with Gasteiger partial charge in [0, 0.05) is 0 Å². The Labute approximate surface area is 75.8 Å². The summed E-state index contributed by atoms with van der Waals surface area (Å²) in [4.78, 5) is 2.43. The van der Waals surface area contributed by atoms with E-state index in [1.165, 1.54) is 26.1 Å². The molecule has 0 atom stereocenters. The Hall–Kier alpha value is 0.690. The van der Waals surface area contributed by atoms with Crippen molar-refractivity contribution >= 4 is 24.0 Å². The molecule has 0 aromatic heterocycles. The third-order valence-electron chi connectivity index (χ3n) is 1.43. The van der Waals surface area contributed by atoms with Gasteiger partial charge in [0.1, 0.15) is 0 Å². The molecule has 0 unspecified atom stereocenters. The van der Waals surface area contributed by atoms with Crippen molar-refractivity contribution in [3.63, 3.8) is 0 Å². The molecule has 0 aliphatic carbocycles. The topological polar surface area (TPSA) is 3.24 Å². The van der Waals surface area contributed by atoms with Crippen LogP contribution in [-0.2, 0) is 0 Å². The van der Waals surface area contributed by atoms with Gasteiger partial charge in [0.2, 0.25) is 0 Å². The Bertz CT molecular complexity index is 44.2. The minimum atomic E-state index is 0. The molecule has 0 aromatic rings. The quantitative estimate of drug-likeness (QED) is 0.685. The summed E-state index contributed by atoms with van der Waals surface area (Å²) in [5.41, 5.74) is 0. The molecule has 0 aromatic carbocycles. The summed E-state index contributed by atoms with van der Waals surface area (Å²) in [6.45, 7) is 10.3. The first-order chi connectivity index (χ1) is 3.85. The lowest BCUT2D eigenvalue weighted by atomic mass is 10.4. The van der Waals surface area contributed by atoms with Crippen LogP contribution in [0.15, 0.2) is 0 Å². The van der Waals surface area contributed by atoms with Crippen molar-refractivity contribution in [2.45, 2.75) is 27.2 Å². The van der Waals surface area contributed by atoms with Crippen LogP contribution in [0.25, 0.3) is 0 Å². The van der Waals surface area contributed by atoms with E-state index in [1.807, 2.05) is 0 Å². The van der Waals surface area contributed by atoms with Crippen molar-refractivity contribution in [2.75, 3.05) is 19.6 Å². The van der Waals surface area contributed by atoms with Crippen LogP contribution in [0.2, 0.25) is 0 Å². The zero-order valence-corrected chi connectivity index (χ0v) is 9.01. The molecular weight excluding hydrogens is 225 g/mol. The SMILES string of the molecule is CCCN(CC)CC.I. The van der Waals surface area contributed by atoms with Gasteiger partial charge in [-0.3, -0.25) is 0 Å². The molecule has 1 nitrogen and oxygen atoms in total. The van der Waals surface area contributed by atoms with Crippen LogP contribution in [-0.4, -0.2) is 24.5 Å². The van der Waals surface area contributed by atoms with Crippen molar-refractivity contribution in [2.24, 2.45) is 0 Å². The molecule has 0 radical (unpaired) electrons. The Kier molecular flexibility index (Phi) is 11.9. The van der Waals surface area contributed by atoms with Gasteiger partial charge in [-0.1, -0.05) is 20.8 Å². The highest BCUT2D eigenvalue weighted by Crippen LogP contribution is 1.87. The van der Waals surface area contributed by atoms with Crippen molar-refractivity contribution in [3.8, 4) is 0 Å². The molecule has 0 N–H and O–H groups in total. The molecule has 0 fully saturated rings. The molecule has 0 bridgehead atoms. The zero-order chi connectivity index (χ0) is 6.41. The van der Waals surface area contributed by atoms with E-state index in [-0.39, 0.29) is 24.0 Å². The average molecular weight is 243 g/mol. The molecule has 9 heavy (non-hydrogen) atoms. The second kappa shape index (κ2) is 8.69. The van der Waals surface area contributed by atoms with E-state index in [4.69, 9.17) is 0 Å². The number of halogens is 1. The minimum absolute atomic E-state index is 0. The van der Waals surface area contributed by atoms with Gasteiger partial charge < -0.3 is 4.90 Å². The zero-order valence-electron chi connectivity index (χ0n) is 6.68. The Balaban J connectivity index is 0. The third kappa shape index (κ3) is 6.58. The van der Waals surface area contributed by atoms with Gasteiger partial charge in [-0.2, -0.15) is 0 Å². The summed E-state index contributed by atoms with van der Waals surface area (Å²) in [6, 6.07) is 0. The summed E-state index contributed by atoms with van der Waals surface area (Å²) in [7, 11) is 0. The summed E-state index contributed by atoms with van der Waals surface area (Å²) in [5.74, 6) is 0. The summed E-state index contributed by atoms with van der Waals surface area (Å²) in [5, 5.41) is 0. The Morgan fingerprint density at radius 3 is 1.56 bits per heavy atom. The number of rotatable bonds is 4. The molecule has 0 spiro atoms. The molecule has 0 amide bonds. The standard InChI is InChI=1S/C7H17N.HI/c1-4-7-8(5-2)6-3;/h4-7H2,1-3H3;1H. The summed E-state index contributed by atoms with van der Waals surface area (Å²) in [6.07, 6.45) is 1.28. The Morgan fingerprint density at radius 1 is 1.00 bits per heavy atom. The predicted octanol–water partition coefficient (Wildman–Crippen LogP) is 2.36. The first-order valence-corrected chi connectivity index (χ1v) is 3.57. The second-order valence-corrected chi connectivity index (χ2v) is 2.03. The van der Waals surface area contributed by atoms with E-state index in [2.05, 4.69) is 25.7 Å². The van der Waals surface area contributed by atoms with Crippen LogP contribution >= 0.6 is 24.0 Å². The van der Waals surface area contributed by atoms with Crippen molar-refractivity contribution in [3.05, 3.63) is 0 Å². The highest BCUT2D eigenvalue weighted by atomic mass is 127. The van der Waals surface area contributed by atoms with Gasteiger partial charge in [0.05, 0.1) is 0 Å². The maximum Gasteiger partial charge on any atom is -0.00216 e. The fourth-order valence-corrected chi connectivity index (χ4v) is 0.856. The first kappa shape index (κ1) is 12.4. The van der Waals surface area contributed by atoms with E-state index in [9.17, 15) is 0 Å². The molecule has 0 heterocycles. The van der Waals surface area contributed by atoms with Crippen LogP contribution in [0.5, 0.6) is 0 Å². The molecule has 0 rings (SSSR count). The maximum atomic E-state index is 2.43. The molecule has 58 valence electrons. The number of hydrogen-bond acceptors (Lipinski definition) is 1. The van der Waals surface area contributed by atoms with Gasteiger partial charge in [0.25, 0.3) is 0 Å². The smallest absolute Gasteiger partial charge is 0.00216 e. The second-order valence-electron chi connectivity index (χ2n) is 2.03. The highest BCUT2D eigenvalue weighted by Gasteiger charge is 1.92. The summed E-state index contributed by atoms with van der Waals surface area (Å²) < 4.78 is 0. The van der Waals surface area contributed by atoms with Crippen molar-refractivity contribution in [1.82, 2.24) is 4.90 Å². The average Bonchev–Trinajstić information content (AvgIpc) is 1.83. The third-order valence-corrected chi connectivity index (χ3v) is 1.43. The lowest BCUT2D eigenvalue weighted by Gasteiger charge is -2.15. The highest BCUT2D eigenvalue weighted by molar-refractivity contribution is 14.0. The molecule has 0 saturated carbocycles. The van der Waals surface area contributed by atoms with Gasteiger partial charge in [-0.25, -0.2) is 0 Å². The van der Waals surface area contributed by atoms with Gasteiger partial charge in [0.15, 0.2) is 0 Å². The molecule has 0 aliphatic rings. The van der Waals surface area contributed by atoms with E-state index in [0.717, 1.165) is 0 Å². The van der Waals surface area contributed by atoms with E-state index < -0.39 is 0 Å². The van der Waals surface area contributed by atoms with Crippen molar-refractivity contribution < 1.29 is 0 Å². The van der Waals surface area contributed by atoms with Crippen LogP contribution in [0.4, 0.5) is 0 Å². The van der Waals surface area contributed by atoms with E-state index in [1.54, 1.807) is 0 Å². The van der Waals surface area contributed by atoms with Crippen LogP contribution in [0.1, 0.15) is 27.2 Å². The maximum absolute atomic E-state index is 2.43. The fraction of sp³-hybridized carbons (Fsp3) is 1.00. The van der Waals surface area contributed by atoms with Gasteiger partial charge in [-0.15, -0.1) is 24.0 Å². The molecule has 0 saturated heterocycles. The largest absolute Gasteiger partial charge is 0.304 e. The van der Waals surface area contributed by atoms with E-state index >= 15 is 0 Å². The van der Waals surface area contributed by atoms with Crippen LogP contribution in [0, 0.1) is 0 Å². The molecule has 2 heteroatoms. The normalized spacial score (nSPS) is 9.33. The summed E-state index contributed by atoms with van der Waals surface area (Å²) >= 11 is 0. The number of hydrogen-bond donors (Lipinski definition) is 0. The molecule has 0 aliphatic heterocycles. The fourth-order valence-electron chi connectivity index (χ4n) is 0.856. The Morgan fingerprint density at radius 2 is 1.44 bits per heavy atom. The minimum Gasteiger partial charge on any atom is -0.304 e. The van der Waals surface area contributed by atoms with Gasteiger partial charge in [-0.05, 0) is 26.1 Å². The monoisotopic (exact) mass is 243 g/mol. The van der Waals surface area contributed by atoms with Crippen molar-refractivity contribution in [1.29, 1.82) is 0 Å².